The fraction of sp³-hybridized carbons (Fsp3) is 0.812. The van der Waals surface area contributed by atoms with Crippen LogP contribution in [0.5, 0.6) is 0 Å². The number of nitrogens with one attached hydrogen (secondary N) is 1. The van der Waals surface area contributed by atoms with E-state index in [9.17, 15) is 0 Å². The van der Waals surface area contributed by atoms with Gasteiger partial charge in [-0.05, 0) is 26.2 Å². The molecule has 1 atom stereocenters. The summed E-state index contributed by atoms with van der Waals surface area (Å²) in [6, 6.07) is 0.561. The van der Waals surface area contributed by atoms with Crippen molar-refractivity contribution in [1.29, 1.82) is 0 Å². The van der Waals surface area contributed by atoms with Crippen molar-refractivity contribution in [2.45, 2.75) is 77.5 Å². The van der Waals surface area contributed by atoms with E-state index in [-0.39, 0.29) is 0 Å². The summed E-state index contributed by atoms with van der Waals surface area (Å²) in [4.78, 5) is 6.25. The molecule has 1 aromatic rings. The fourth-order valence-electron chi connectivity index (χ4n) is 2.73. The Morgan fingerprint density at radius 1 is 1.35 bits per heavy atom. The molecule has 1 unspecified atom stereocenters. The van der Waals surface area contributed by atoms with Crippen molar-refractivity contribution in [3.63, 3.8) is 0 Å². The van der Waals surface area contributed by atoms with Crippen LogP contribution >= 0.6 is 11.3 Å². The first-order chi connectivity index (χ1) is 9.74. The third kappa shape index (κ3) is 4.27. The van der Waals surface area contributed by atoms with Gasteiger partial charge in [0.1, 0.15) is 0 Å². The maximum Gasteiger partial charge on any atom is 0.0963 e. The van der Waals surface area contributed by atoms with Crippen LogP contribution in [0.2, 0.25) is 0 Å². The molecule has 20 heavy (non-hydrogen) atoms. The van der Waals surface area contributed by atoms with Crippen LogP contribution in [0.15, 0.2) is 0 Å². The highest BCUT2D eigenvalue weighted by Gasteiger charge is 2.21. The Balaban J connectivity index is 2.06. The number of methoxy groups -OCH3 is 1. The quantitative estimate of drug-likeness (QED) is 0.818. The predicted octanol–water partition coefficient (Wildman–Crippen LogP) is 4.23. The number of thiazole rings is 1. The van der Waals surface area contributed by atoms with Crippen LogP contribution < -0.4 is 5.32 Å². The molecule has 114 valence electrons. The van der Waals surface area contributed by atoms with Crippen LogP contribution in [0.25, 0.3) is 0 Å². The van der Waals surface area contributed by atoms with E-state index in [4.69, 9.17) is 9.72 Å². The lowest BCUT2D eigenvalue weighted by molar-refractivity contribution is 0.181. The summed E-state index contributed by atoms with van der Waals surface area (Å²) in [6.07, 6.45) is 7.92. The van der Waals surface area contributed by atoms with Crippen LogP contribution in [0, 0.1) is 0 Å². The van der Waals surface area contributed by atoms with Crippen molar-refractivity contribution in [3.8, 4) is 0 Å². The first kappa shape index (κ1) is 15.9. The van der Waals surface area contributed by atoms with Crippen LogP contribution in [-0.2, 0) is 17.9 Å². The lowest BCUT2D eigenvalue weighted by Gasteiger charge is -2.18. The van der Waals surface area contributed by atoms with E-state index in [2.05, 4.69) is 19.2 Å². The molecule has 4 heteroatoms. The predicted molar refractivity (Wildman–Crippen MR) is 85.2 cm³/mol. The van der Waals surface area contributed by atoms with Gasteiger partial charge in [-0.15, -0.1) is 11.3 Å². The van der Waals surface area contributed by atoms with Crippen molar-refractivity contribution in [1.82, 2.24) is 10.3 Å². The first-order valence-corrected chi connectivity index (χ1v) is 8.77. The minimum atomic E-state index is 0.561. The summed E-state index contributed by atoms with van der Waals surface area (Å²) in [5.74, 6) is 0.696. The Hall–Kier alpha value is -0.450. The van der Waals surface area contributed by atoms with Gasteiger partial charge in [0.2, 0.25) is 0 Å². The molecule has 0 radical (unpaired) electrons. The highest BCUT2D eigenvalue weighted by atomic mass is 32.1. The van der Waals surface area contributed by atoms with Crippen LogP contribution in [0.1, 0.15) is 73.9 Å². The molecule has 1 aromatic heterocycles. The van der Waals surface area contributed by atoms with Gasteiger partial charge in [-0.3, -0.25) is 0 Å². The Morgan fingerprint density at radius 3 is 2.75 bits per heavy atom. The van der Waals surface area contributed by atoms with Crippen molar-refractivity contribution in [2.75, 3.05) is 7.11 Å². The molecule has 0 aliphatic heterocycles. The molecule has 1 aliphatic rings. The van der Waals surface area contributed by atoms with Gasteiger partial charge in [0.05, 0.1) is 17.3 Å². The second-order valence-corrected chi connectivity index (χ2v) is 7.00. The number of hydrogen-bond acceptors (Lipinski definition) is 4. The average Bonchev–Trinajstić information content (AvgIpc) is 2.89. The van der Waals surface area contributed by atoms with Gasteiger partial charge in [0.15, 0.2) is 0 Å². The van der Waals surface area contributed by atoms with Gasteiger partial charge in [-0.25, -0.2) is 4.98 Å². The lowest BCUT2D eigenvalue weighted by Crippen LogP contribution is -2.24. The maximum atomic E-state index is 5.32. The molecule has 1 saturated carbocycles. The molecule has 1 fully saturated rings. The highest BCUT2D eigenvalue weighted by molar-refractivity contribution is 7.11. The summed E-state index contributed by atoms with van der Waals surface area (Å²) in [6.45, 7) is 6.02. The third-order valence-electron chi connectivity index (χ3n) is 4.25. The van der Waals surface area contributed by atoms with Crippen LogP contribution in [-0.4, -0.2) is 18.1 Å². The molecule has 3 nitrogen and oxygen atoms in total. The molecule has 0 spiro atoms. The van der Waals surface area contributed by atoms with Crippen molar-refractivity contribution >= 4 is 11.3 Å². The molecule has 1 heterocycles. The molecule has 0 saturated heterocycles. The van der Waals surface area contributed by atoms with E-state index >= 15 is 0 Å². The zero-order valence-corrected chi connectivity index (χ0v) is 13.9. The van der Waals surface area contributed by atoms with Crippen LogP contribution in [0.3, 0.4) is 0 Å². The molecular weight excluding hydrogens is 268 g/mol. The normalized spacial score (nSPS) is 18.4. The van der Waals surface area contributed by atoms with Gasteiger partial charge in [-0.1, -0.05) is 26.2 Å². The number of hydrogen-bond donors (Lipinski definition) is 1. The van der Waals surface area contributed by atoms with E-state index in [1.807, 2.05) is 11.3 Å². The molecule has 1 N–H and O–H groups in total. The van der Waals surface area contributed by atoms with E-state index in [0.717, 1.165) is 18.7 Å². The summed E-state index contributed by atoms with van der Waals surface area (Å²) in [5.41, 5.74) is 1.15. The van der Waals surface area contributed by atoms with Crippen LogP contribution in [0.4, 0.5) is 0 Å². The van der Waals surface area contributed by atoms with E-state index in [1.54, 1.807) is 7.11 Å². The third-order valence-corrected chi connectivity index (χ3v) is 5.51. The van der Waals surface area contributed by atoms with Gasteiger partial charge < -0.3 is 10.1 Å². The molecule has 2 rings (SSSR count). The topological polar surface area (TPSA) is 34.2 Å². The zero-order chi connectivity index (χ0) is 14.4. The summed E-state index contributed by atoms with van der Waals surface area (Å²) >= 11 is 1.90. The molecule has 0 bridgehead atoms. The molecule has 0 aromatic carbocycles. The summed E-state index contributed by atoms with van der Waals surface area (Å²) in [7, 11) is 1.76. The van der Waals surface area contributed by atoms with Gasteiger partial charge in [0.25, 0.3) is 0 Å². The number of nitrogens with zero attached hydrogens (tertiary/aromatic N) is 1. The highest BCUT2D eigenvalue weighted by Crippen LogP contribution is 2.36. The van der Waals surface area contributed by atoms with E-state index < -0.39 is 0 Å². The standard InChI is InChI=1S/C16H28N2OS/c1-4-12(2)17-10-15-14(11-19-3)18-16(20-15)13-8-6-5-7-9-13/h12-13,17H,4-11H2,1-3H3. The van der Waals surface area contributed by atoms with E-state index in [1.165, 1.54) is 42.0 Å². The largest absolute Gasteiger partial charge is 0.378 e. The number of ether oxygens (including phenoxy) is 1. The first-order valence-electron chi connectivity index (χ1n) is 7.95. The Morgan fingerprint density at radius 2 is 2.10 bits per heavy atom. The van der Waals surface area contributed by atoms with Crippen molar-refractivity contribution < 1.29 is 4.74 Å². The number of rotatable bonds is 7. The van der Waals surface area contributed by atoms with Gasteiger partial charge >= 0.3 is 0 Å². The molecule has 1 aliphatic carbocycles. The summed E-state index contributed by atoms with van der Waals surface area (Å²) in [5, 5.41) is 4.92. The Labute approximate surface area is 127 Å². The van der Waals surface area contributed by atoms with Crippen molar-refractivity contribution in [2.24, 2.45) is 0 Å². The van der Waals surface area contributed by atoms with Gasteiger partial charge in [0, 0.05) is 30.5 Å². The SMILES string of the molecule is CCC(C)NCc1sc(C2CCCCC2)nc1COC. The zero-order valence-electron chi connectivity index (χ0n) is 13.1. The van der Waals surface area contributed by atoms with Gasteiger partial charge in [-0.2, -0.15) is 0 Å². The summed E-state index contributed by atoms with van der Waals surface area (Å²) < 4.78 is 5.32. The fourth-order valence-corrected chi connectivity index (χ4v) is 3.91. The molecule has 0 amide bonds. The van der Waals surface area contributed by atoms with Crippen molar-refractivity contribution in [3.05, 3.63) is 15.6 Å². The smallest absolute Gasteiger partial charge is 0.0963 e. The lowest BCUT2D eigenvalue weighted by atomic mass is 9.90. The number of aromatic nitrogens is 1. The maximum absolute atomic E-state index is 5.32. The average molecular weight is 296 g/mol. The Bertz CT molecular complexity index is 399. The monoisotopic (exact) mass is 296 g/mol. The minimum Gasteiger partial charge on any atom is -0.378 e. The second-order valence-electron chi connectivity index (χ2n) is 5.88. The van der Waals surface area contributed by atoms with E-state index in [0.29, 0.717) is 18.6 Å². The molecular formula is C16H28N2OS. The second kappa shape index (κ2) is 8.11. The minimum absolute atomic E-state index is 0.561. The Kier molecular flexibility index (Phi) is 6.46.